The van der Waals surface area contributed by atoms with Gasteiger partial charge in [-0.25, -0.2) is 0 Å². The smallest absolute Gasteiger partial charge is 0.221 e. The van der Waals surface area contributed by atoms with Gasteiger partial charge in [-0.05, 0) is 80.4 Å². The molecule has 4 aliphatic carbocycles. The van der Waals surface area contributed by atoms with Gasteiger partial charge in [0.25, 0.3) is 0 Å². The molecule has 1 aromatic rings. The third kappa shape index (κ3) is 3.37. The molecule has 1 aliphatic heterocycles. The molecule has 4 fully saturated rings. The lowest BCUT2D eigenvalue weighted by Crippen LogP contribution is -2.54. The van der Waals surface area contributed by atoms with Crippen LogP contribution in [0.3, 0.4) is 0 Å². The van der Waals surface area contributed by atoms with E-state index in [1.807, 2.05) is 18.2 Å². The number of hydrogen-bond donors (Lipinski definition) is 1. The Kier molecular flexibility index (Phi) is 4.23. The number of rotatable bonds is 4. The number of alkyl halides is 1. The first-order valence-electron chi connectivity index (χ1n) is 10.3. The first kappa shape index (κ1) is 17.8. The fourth-order valence-corrected chi connectivity index (χ4v) is 8.10. The maximum absolute atomic E-state index is 12.9. The molecule has 4 saturated carbocycles. The number of hydrogen-bond acceptors (Lipinski definition) is 3. The van der Waals surface area contributed by atoms with Crippen LogP contribution in [0.5, 0.6) is 11.5 Å². The van der Waals surface area contributed by atoms with Crippen LogP contribution in [-0.4, -0.2) is 23.4 Å². The van der Waals surface area contributed by atoms with E-state index < -0.39 is 0 Å². The zero-order valence-corrected chi connectivity index (χ0v) is 17.5. The van der Waals surface area contributed by atoms with E-state index in [0.29, 0.717) is 24.0 Å². The number of carbonyl (C=O) groups excluding carboxylic acids is 1. The van der Waals surface area contributed by atoms with Gasteiger partial charge in [-0.3, -0.25) is 4.79 Å². The van der Waals surface area contributed by atoms with Crippen molar-refractivity contribution in [1.82, 2.24) is 5.32 Å². The lowest BCUT2D eigenvalue weighted by molar-refractivity contribution is -0.128. The molecule has 0 spiro atoms. The molecule has 6 rings (SSSR count). The standard InChI is InChI=1S/C22H28BrNO3/c1-14(17-2-3-18-19(7-17)27-5-4-26-18)24-20(25)12-21-8-15-6-16(9-21)11-22(23,10-15)13-21/h2-3,7,14-16H,4-6,8-13H2,1H3,(H,24,25). The van der Waals surface area contributed by atoms with Crippen LogP contribution in [0.15, 0.2) is 18.2 Å². The van der Waals surface area contributed by atoms with E-state index in [4.69, 9.17) is 9.47 Å². The van der Waals surface area contributed by atoms with Crippen molar-refractivity contribution in [3.05, 3.63) is 23.8 Å². The van der Waals surface area contributed by atoms with Crippen molar-refractivity contribution in [2.45, 2.75) is 62.2 Å². The van der Waals surface area contributed by atoms with Crippen LogP contribution in [0.4, 0.5) is 0 Å². The fourth-order valence-electron chi connectivity index (χ4n) is 6.59. The summed E-state index contributed by atoms with van der Waals surface area (Å²) >= 11 is 4.05. The summed E-state index contributed by atoms with van der Waals surface area (Å²) in [5.41, 5.74) is 1.28. The molecule has 27 heavy (non-hydrogen) atoms. The Morgan fingerprint density at radius 3 is 2.59 bits per heavy atom. The molecule has 4 bridgehead atoms. The van der Waals surface area contributed by atoms with E-state index in [0.717, 1.165) is 28.9 Å². The van der Waals surface area contributed by atoms with E-state index in [1.165, 1.54) is 38.5 Å². The monoisotopic (exact) mass is 433 g/mol. The molecular formula is C22H28BrNO3. The first-order chi connectivity index (χ1) is 12.9. The summed E-state index contributed by atoms with van der Waals surface area (Å²) in [7, 11) is 0. The van der Waals surface area contributed by atoms with Crippen molar-refractivity contribution in [3.8, 4) is 11.5 Å². The van der Waals surface area contributed by atoms with Gasteiger partial charge in [-0.2, -0.15) is 0 Å². The minimum atomic E-state index is -0.0276. The van der Waals surface area contributed by atoms with Gasteiger partial charge in [0, 0.05) is 10.7 Å². The maximum Gasteiger partial charge on any atom is 0.221 e. The highest BCUT2D eigenvalue weighted by Gasteiger charge is 2.57. The van der Waals surface area contributed by atoms with Crippen LogP contribution < -0.4 is 14.8 Å². The topological polar surface area (TPSA) is 47.6 Å². The van der Waals surface area contributed by atoms with Gasteiger partial charge in [0.15, 0.2) is 11.5 Å². The van der Waals surface area contributed by atoms with Gasteiger partial charge in [0.2, 0.25) is 5.91 Å². The Balaban J connectivity index is 1.26. The fraction of sp³-hybridized carbons (Fsp3) is 0.682. The first-order valence-corrected chi connectivity index (χ1v) is 11.1. The lowest BCUT2D eigenvalue weighted by atomic mass is 9.48. The van der Waals surface area contributed by atoms with Crippen LogP contribution in [0.25, 0.3) is 0 Å². The average Bonchev–Trinajstić information content (AvgIpc) is 2.58. The molecule has 4 nitrogen and oxygen atoms in total. The largest absolute Gasteiger partial charge is 0.486 e. The van der Waals surface area contributed by atoms with Crippen LogP contribution in [0.2, 0.25) is 0 Å². The highest BCUT2D eigenvalue weighted by atomic mass is 79.9. The molecule has 0 saturated heterocycles. The molecule has 1 amide bonds. The second-order valence-electron chi connectivity index (χ2n) is 9.48. The van der Waals surface area contributed by atoms with Crippen LogP contribution >= 0.6 is 15.9 Å². The van der Waals surface area contributed by atoms with Gasteiger partial charge >= 0.3 is 0 Å². The summed E-state index contributed by atoms with van der Waals surface area (Å²) in [6, 6.07) is 5.94. The van der Waals surface area contributed by atoms with Crippen LogP contribution in [-0.2, 0) is 4.79 Å². The summed E-state index contributed by atoms with van der Waals surface area (Å²) in [5, 5.41) is 3.24. The van der Waals surface area contributed by atoms with Crippen molar-refractivity contribution >= 4 is 21.8 Å². The number of ether oxygens (including phenoxy) is 2. The third-order valence-corrected chi connectivity index (χ3v) is 8.02. The Labute approximate surface area is 169 Å². The van der Waals surface area contributed by atoms with Crippen molar-refractivity contribution in [3.63, 3.8) is 0 Å². The number of benzene rings is 1. The van der Waals surface area contributed by atoms with Crippen molar-refractivity contribution in [1.29, 1.82) is 0 Å². The Bertz CT molecular complexity index is 750. The van der Waals surface area contributed by atoms with E-state index in [1.54, 1.807) is 0 Å². The Morgan fingerprint density at radius 2 is 1.89 bits per heavy atom. The highest BCUT2D eigenvalue weighted by Crippen LogP contribution is 2.65. The van der Waals surface area contributed by atoms with Crippen molar-refractivity contribution in [2.24, 2.45) is 17.3 Å². The summed E-state index contributed by atoms with van der Waals surface area (Å²) in [5.74, 6) is 3.39. The molecule has 0 aromatic heterocycles. The van der Waals surface area contributed by atoms with E-state index in [-0.39, 0.29) is 17.4 Å². The van der Waals surface area contributed by atoms with Crippen molar-refractivity contribution in [2.75, 3.05) is 13.2 Å². The molecule has 5 heteroatoms. The van der Waals surface area contributed by atoms with E-state index in [2.05, 4.69) is 28.2 Å². The normalized spacial score (nSPS) is 37.1. The molecule has 146 valence electrons. The number of nitrogens with one attached hydrogen (secondary N) is 1. The van der Waals surface area contributed by atoms with Gasteiger partial charge < -0.3 is 14.8 Å². The maximum atomic E-state index is 12.9. The van der Waals surface area contributed by atoms with Gasteiger partial charge in [0.1, 0.15) is 13.2 Å². The second kappa shape index (κ2) is 6.40. The Hall–Kier alpha value is -1.23. The molecule has 1 heterocycles. The minimum Gasteiger partial charge on any atom is -0.486 e. The number of carbonyl (C=O) groups is 1. The zero-order valence-electron chi connectivity index (χ0n) is 15.9. The number of halogens is 1. The van der Waals surface area contributed by atoms with E-state index >= 15 is 0 Å². The predicted octanol–water partition coefficient (Wildman–Crippen LogP) is 4.76. The third-order valence-electron chi connectivity index (χ3n) is 7.09. The lowest BCUT2D eigenvalue weighted by Gasteiger charge is -2.60. The quantitative estimate of drug-likeness (QED) is 0.696. The SMILES string of the molecule is CC(NC(=O)CC12CC3CC(CC(Br)(C3)C1)C2)c1ccc2c(c1)OCCO2. The summed E-state index contributed by atoms with van der Waals surface area (Å²) in [6.45, 7) is 3.23. The zero-order chi connectivity index (χ0) is 18.6. The Morgan fingerprint density at radius 1 is 1.19 bits per heavy atom. The van der Waals surface area contributed by atoms with Crippen LogP contribution in [0, 0.1) is 17.3 Å². The number of amides is 1. The molecule has 1 N–H and O–H groups in total. The number of fused-ring (bicyclic) bond motifs is 1. The van der Waals surface area contributed by atoms with Crippen molar-refractivity contribution < 1.29 is 14.3 Å². The van der Waals surface area contributed by atoms with Gasteiger partial charge in [-0.15, -0.1) is 0 Å². The minimum absolute atomic E-state index is 0.0276. The van der Waals surface area contributed by atoms with Crippen LogP contribution in [0.1, 0.15) is 63.5 Å². The molecule has 3 unspecified atom stereocenters. The van der Waals surface area contributed by atoms with E-state index in [9.17, 15) is 4.79 Å². The molecule has 1 aromatic carbocycles. The summed E-state index contributed by atoms with van der Waals surface area (Å²) in [6.07, 6.45) is 8.30. The molecular weight excluding hydrogens is 406 g/mol. The predicted molar refractivity (Wildman–Crippen MR) is 107 cm³/mol. The molecule has 3 atom stereocenters. The van der Waals surface area contributed by atoms with Gasteiger partial charge in [-0.1, -0.05) is 22.0 Å². The average molecular weight is 434 g/mol. The van der Waals surface area contributed by atoms with Gasteiger partial charge in [0.05, 0.1) is 6.04 Å². The highest BCUT2D eigenvalue weighted by molar-refractivity contribution is 9.10. The summed E-state index contributed by atoms with van der Waals surface area (Å²) in [4.78, 5) is 12.9. The molecule has 0 radical (unpaired) electrons. The summed E-state index contributed by atoms with van der Waals surface area (Å²) < 4.78 is 11.6. The second-order valence-corrected chi connectivity index (χ2v) is 11.2. The molecule has 5 aliphatic rings.